The van der Waals surface area contributed by atoms with Crippen LogP contribution in [0.15, 0.2) is 29.3 Å². The fourth-order valence-electron chi connectivity index (χ4n) is 2.76. The first-order valence-corrected chi connectivity index (χ1v) is 8.37. The van der Waals surface area contributed by atoms with E-state index in [1.807, 2.05) is 12.1 Å². The average Bonchev–Trinajstić information content (AvgIpc) is 2.55. The van der Waals surface area contributed by atoms with Crippen LogP contribution in [0.5, 0.6) is 5.75 Å². The molecule has 1 aromatic carbocycles. The normalized spacial score (nSPS) is 16.1. The summed E-state index contributed by atoms with van der Waals surface area (Å²) in [6.07, 6.45) is 5.76. The number of aliphatic imine (C=N–C) groups is 1. The van der Waals surface area contributed by atoms with Crippen LogP contribution in [0.3, 0.4) is 0 Å². The molecule has 1 aliphatic rings. The third-order valence-corrected chi connectivity index (χ3v) is 4.41. The van der Waals surface area contributed by atoms with Crippen LogP contribution < -0.4 is 10.5 Å². The van der Waals surface area contributed by atoms with Crippen molar-refractivity contribution in [1.29, 1.82) is 0 Å². The molecule has 0 radical (unpaired) electrons. The van der Waals surface area contributed by atoms with E-state index in [1.165, 1.54) is 18.4 Å². The fraction of sp³-hybridized carbons (Fsp3) is 0.611. The van der Waals surface area contributed by atoms with E-state index in [9.17, 15) is 0 Å². The molecular formula is C18H30IN3O. The van der Waals surface area contributed by atoms with E-state index in [1.54, 1.807) is 7.11 Å². The van der Waals surface area contributed by atoms with Gasteiger partial charge in [0.1, 0.15) is 5.75 Å². The molecule has 130 valence electrons. The van der Waals surface area contributed by atoms with Crippen LogP contribution in [-0.2, 0) is 6.42 Å². The molecule has 0 saturated carbocycles. The number of nitrogens with zero attached hydrogens (tertiary/aromatic N) is 2. The van der Waals surface area contributed by atoms with E-state index in [-0.39, 0.29) is 24.0 Å². The number of guanidine groups is 1. The van der Waals surface area contributed by atoms with Gasteiger partial charge in [-0.3, -0.25) is 4.99 Å². The summed E-state index contributed by atoms with van der Waals surface area (Å²) in [6.45, 7) is 5.25. The van der Waals surface area contributed by atoms with E-state index in [0.29, 0.717) is 0 Å². The Morgan fingerprint density at radius 2 is 1.87 bits per heavy atom. The molecule has 1 fully saturated rings. The smallest absolute Gasteiger partial charge is 0.191 e. The molecule has 1 heterocycles. The van der Waals surface area contributed by atoms with Crippen molar-refractivity contribution in [2.75, 3.05) is 26.7 Å². The van der Waals surface area contributed by atoms with Crippen LogP contribution in [0.1, 0.15) is 38.2 Å². The lowest BCUT2D eigenvalue weighted by Crippen LogP contribution is -2.42. The highest BCUT2D eigenvalue weighted by atomic mass is 127. The van der Waals surface area contributed by atoms with Gasteiger partial charge in [-0.05, 0) is 55.7 Å². The summed E-state index contributed by atoms with van der Waals surface area (Å²) in [5.74, 6) is 2.47. The first-order valence-electron chi connectivity index (χ1n) is 8.37. The highest BCUT2D eigenvalue weighted by molar-refractivity contribution is 14.0. The van der Waals surface area contributed by atoms with Gasteiger partial charge in [0, 0.05) is 19.6 Å². The van der Waals surface area contributed by atoms with Crippen LogP contribution >= 0.6 is 24.0 Å². The van der Waals surface area contributed by atoms with Crippen LogP contribution in [-0.4, -0.2) is 37.6 Å². The van der Waals surface area contributed by atoms with E-state index >= 15 is 0 Å². The van der Waals surface area contributed by atoms with Crippen molar-refractivity contribution >= 4 is 29.9 Å². The Kier molecular flexibility index (Phi) is 9.36. The van der Waals surface area contributed by atoms with Gasteiger partial charge in [-0.15, -0.1) is 24.0 Å². The van der Waals surface area contributed by atoms with Crippen molar-refractivity contribution in [2.45, 2.75) is 39.0 Å². The molecule has 2 N–H and O–H groups in total. The standard InChI is InChI=1S/C18H29N3O.HI/c1-15-10-13-21(14-11-15)18(19)20-12-4-3-5-16-6-8-17(22-2)9-7-16;/h6-9,15H,3-5,10-14H2,1-2H3,(H2,19,20);1H. The van der Waals surface area contributed by atoms with Crippen molar-refractivity contribution in [3.05, 3.63) is 29.8 Å². The Morgan fingerprint density at radius 3 is 2.48 bits per heavy atom. The SMILES string of the molecule is COc1ccc(CCCCN=C(N)N2CCC(C)CC2)cc1.I. The predicted molar refractivity (Wildman–Crippen MR) is 108 cm³/mol. The lowest BCUT2D eigenvalue weighted by atomic mass is 10.00. The van der Waals surface area contributed by atoms with Gasteiger partial charge in [-0.2, -0.15) is 0 Å². The fourth-order valence-corrected chi connectivity index (χ4v) is 2.76. The van der Waals surface area contributed by atoms with E-state index in [2.05, 4.69) is 28.9 Å². The highest BCUT2D eigenvalue weighted by Gasteiger charge is 2.16. The number of piperidine rings is 1. The number of unbranched alkanes of at least 4 members (excludes halogenated alkanes) is 1. The Morgan fingerprint density at radius 1 is 1.22 bits per heavy atom. The molecule has 1 aliphatic heterocycles. The molecular weight excluding hydrogens is 401 g/mol. The lowest BCUT2D eigenvalue weighted by Gasteiger charge is -2.31. The average molecular weight is 431 g/mol. The minimum absolute atomic E-state index is 0. The van der Waals surface area contributed by atoms with Gasteiger partial charge in [0.05, 0.1) is 7.11 Å². The van der Waals surface area contributed by atoms with E-state index < -0.39 is 0 Å². The summed E-state index contributed by atoms with van der Waals surface area (Å²) in [4.78, 5) is 6.76. The zero-order valence-electron chi connectivity index (χ0n) is 14.3. The van der Waals surface area contributed by atoms with Gasteiger partial charge < -0.3 is 15.4 Å². The Bertz CT molecular complexity index is 468. The monoisotopic (exact) mass is 431 g/mol. The van der Waals surface area contributed by atoms with Gasteiger partial charge in [0.15, 0.2) is 5.96 Å². The van der Waals surface area contributed by atoms with Crippen LogP contribution in [0.4, 0.5) is 0 Å². The number of methoxy groups -OCH3 is 1. The van der Waals surface area contributed by atoms with Gasteiger partial charge >= 0.3 is 0 Å². The number of likely N-dealkylation sites (tertiary alicyclic amines) is 1. The van der Waals surface area contributed by atoms with Crippen LogP contribution in [0.25, 0.3) is 0 Å². The van der Waals surface area contributed by atoms with Crippen molar-refractivity contribution in [3.63, 3.8) is 0 Å². The Labute approximate surface area is 157 Å². The van der Waals surface area contributed by atoms with Gasteiger partial charge in [0.2, 0.25) is 0 Å². The topological polar surface area (TPSA) is 50.9 Å². The maximum Gasteiger partial charge on any atom is 0.191 e. The first kappa shape index (κ1) is 20.1. The second-order valence-electron chi connectivity index (χ2n) is 6.21. The van der Waals surface area contributed by atoms with E-state index in [0.717, 1.165) is 56.5 Å². The molecule has 1 saturated heterocycles. The number of rotatable bonds is 6. The molecule has 0 amide bonds. The summed E-state index contributed by atoms with van der Waals surface area (Å²) in [5.41, 5.74) is 7.43. The first-order chi connectivity index (χ1) is 10.7. The third-order valence-electron chi connectivity index (χ3n) is 4.41. The number of halogens is 1. The van der Waals surface area contributed by atoms with Crippen LogP contribution in [0, 0.1) is 5.92 Å². The molecule has 0 aliphatic carbocycles. The summed E-state index contributed by atoms with van der Waals surface area (Å²) in [7, 11) is 1.69. The van der Waals surface area contributed by atoms with Crippen LogP contribution in [0.2, 0.25) is 0 Å². The molecule has 2 rings (SSSR count). The number of hydrogen-bond donors (Lipinski definition) is 1. The van der Waals surface area contributed by atoms with Crippen molar-refractivity contribution in [3.8, 4) is 5.75 Å². The summed E-state index contributed by atoms with van der Waals surface area (Å²) in [5, 5.41) is 0. The number of nitrogens with two attached hydrogens (primary N) is 1. The molecule has 0 bridgehead atoms. The second kappa shape index (κ2) is 10.7. The molecule has 0 spiro atoms. The summed E-state index contributed by atoms with van der Waals surface area (Å²) in [6, 6.07) is 8.29. The Hall–Kier alpha value is -0.980. The lowest BCUT2D eigenvalue weighted by molar-refractivity contribution is 0.277. The molecule has 1 aromatic rings. The minimum Gasteiger partial charge on any atom is -0.497 e. The molecule has 0 atom stereocenters. The third kappa shape index (κ3) is 6.97. The maximum absolute atomic E-state index is 6.08. The second-order valence-corrected chi connectivity index (χ2v) is 6.21. The highest BCUT2D eigenvalue weighted by Crippen LogP contribution is 2.16. The van der Waals surface area contributed by atoms with Crippen molar-refractivity contribution in [1.82, 2.24) is 4.90 Å². The minimum atomic E-state index is 0. The summed E-state index contributed by atoms with van der Waals surface area (Å²) < 4.78 is 5.17. The molecule has 5 heteroatoms. The van der Waals surface area contributed by atoms with Gasteiger partial charge in [-0.1, -0.05) is 19.1 Å². The zero-order valence-corrected chi connectivity index (χ0v) is 16.7. The molecule has 0 unspecified atom stereocenters. The van der Waals surface area contributed by atoms with Crippen molar-refractivity contribution < 1.29 is 4.74 Å². The van der Waals surface area contributed by atoms with E-state index in [4.69, 9.17) is 10.5 Å². The number of ether oxygens (including phenoxy) is 1. The zero-order chi connectivity index (χ0) is 15.8. The predicted octanol–water partition coefficient (Wildman–Crippen LogP) is 3.68. The van der Waals surface area contributed by atoms with Gasteiger partial charge in [-0.25, -0.2) is 0 Å². The summed E-state index contributed by atoms with van der Waals surface area (Å²) >= 11 is 0. The molecule has 23 heavy (non-hydrogen) atoms. The molecule has 4 nitrogen and oxygen atoms in total. The largest absolute Gasteiger partial charge is 0.497 e. The number of aryl methyl sites for hydroxylation is 1. The maximum atomic E-state index is 6.08. The van der Waals surface area contributed by atoms with Crippen molar-refractivity contribution in [2.24, 2.45) is 16.6 Å². The quantitative estimate of drug-likeness (QED) is 0.324. The number of benzene rings is 1. The van der Waals surface area contributed by atoms with Gasteiger partial charge in [0.25, 0.3) is 0 Å². The molecule has 0 aromatic heterocycles. The number of hydrogen-bond acceptors (Lipinski definition) is 2. The Balaban J connectivity index is 0.00000264.